The van der Waals surface area contributed by atoms with Crippen molar-refractivity contribution in [2.45, 2.75) is 6.04 Å². The highest BCUT2D eigenvalue weighted by atomic mass is 79.9. The first-order valence-corrected chi connectivity index (χ1v) is 7.31. The Morgan fingerprint density at radius 3 is 2.60 bits per heavy atom. The van der Waals surface area contributed by atoms with Crippen LogP contribution in [0.25, 0.3) is 0 Å². The van der Waals surface area contributed by atoms with Gasteiger partial charge >= 0.3 is 0 Å². The van der Waals surface area contributed by atoms with Gasteiger partial charge in [-0.25, -0.2) is 4.98 Å². The molecule has 2 rings (SSSR count). The Kier molecular flexibility index (Phi) is 4.95. The molecular weight excluding hydrogens is 390 g/mol. The van der Waals surface area contributed by atoms with Crippen molar-refractivity contribution in [3.63, 3.8) is 0 Å². The first-order valence-electron chi connectivity index (χ1n) is 5.72. The van der Waals surface area contributed by atoms with Gasteiger partial charge in [-0.3, -0.25) is 0 Å². The molecule has 1 atom stereocenters. The molecule has 20 heavy (non-hydrogen) atoms. The molecule has 0 bridgehead atoms. The molecule has 0 aliphatic rings. The van der Waals surface area contributed by atoms with Crippen LogP contribution >= 0.6 is 31.9 Å². The molecule has 0 saturated carbocycles. The fourth-order valence-electron chi connectivity index (χ4n) is 1.73. The zero-order valence-corrected chi connectivity index (χ0v) is 14.1. The lowest BCUT2D eigenvalue weighted by Crippen LogP contribution is -2.16. The first-order chi connectivity index (χ1) is 9.56. The number of aromatic nitrogens is 2. The molecule has 1 heterocycles. The molecule has 5 nitrogen and oxygen atoms in total. The summed E-state index contributed by atoms with van der Waals surface area (Å²) in [4.78, 5) is 8.49. The summed E-state index contributed by atoms with van der Waals surface area (Å²) in [6.45, 7) is 0. The van der Waals surface area contributed by atoms with Gasteiger partial charge in [0.05, 0.1) is 26.5 Å². The molecule has 1 aromatic carbocycles. The lowest BCUT2D eigenvalue weighted by Gasteiger charge is -2.16. The third-order valence-electron chi connectivity index (χ3n) is 2.74. The van der Waals surface area contributed by atoms with Gasteiger partial charge < -0.3 is 15.2 Å². The van der Waals surface area contributed by atoms with Crippen molar-refractivity contribution in [2.75, 3.05) is 14.2 Å². The van der Waals surface area contributed by atoms with Gasteiger partial charge in [0, 0.05) is 8.95 Å². The van der Waals surface area contributed by atoms with Gasteiger partial charge in [-0.15, -0.1) is 0 Å². The summed E-state index contributed by atoms with van der Waals surface area (Å²) in [6, 6.07) is 5.32. The van der Waals surface area contributed by atoms with Crippen molar-refractivity contribution in [1.82, 2.24) is 9.97 Å². The van der Waals surface area contributed by atoms with E-state index in [1.165, 1.54) is 20.4 Å². The van der Waals surface area contributed by atoms with Crippen LogP contribution in [0.1, 0.15) is 17.3 Å². The van der Waals surface area contributed by atoms with E-state index < -0.39 is 6.04 Å². The number of halogens is 2. The monoisotopic (exact) mass is 401 g/mol. The molecule has 1 aromatic heterocycles. The molecule has 106 valence electrons. The van der Waals surface area contributed by atoms with Crippen LogP contribution in [0, 0.1) is 0 Å². The predicted molar refractivity (Wildman–Crippen MR) is 83.0 cm³/mol. The van der Waals surface area contributed by atoms with Crippen LogP contribution in [-0.2, 0) is 0 Å². The van der Waals surface area contributed by atoms with Gasteiger partial charge in [0.25, 0.3) is 0 Å². The zero-order valence-electron chi connectivity index (χ0n) is 10.9. The van der Waals surface area contributed by atoms with Crippen LogP contribution in [0.3, 0.4) is 0 Å². The van der Waals surface area contributed by atoms with Crippen LogP contribution in [0.2, 0.25) is 0 Å². The summed E-state index contributed by atoms with van der Waals surface area (Å²) in [5.74, 6) is 0.731. The van der Waals surface area contributed by atoms with Crippen molar-refractivity contribution in [2.24, 2.45) is 5.73 Å². The Morgan fingerprint density at radius 1 is 1.20 bits per heavy atom. The summed E-state index contributed by atoms with van der Waals surface area (Å²) in [6.07, 6.45) is 1.52. The highest BCUT2D eigenvalue weighted by molar-refractivity contribution is 9.11. The van der Waals surface area contributed by atoms with E-state index in [1.807, 2.05) is 18.2 Å². The van der Waals surface area contributed by atoms with E-state index in [9.17, 15) is 0 Å². The minimum absolute atomic E-state index is 0.351. The van der Waals surface area contributed by atoms with E-state index in [0.29, 0.717) is 17.5 Å². The van der Waals surface area contributed by atoms with Crippen molar-refractivity contribution in [3.8, 4) is 11.8 Å². The maximum absolute atomic E-state index is 6.28. The van der Waals surface area contributed by atoms with E-state index in [-0.39, 0.29) is 0 Å². The van der Waals surface area contributed by atoms with E-state index in [0.717, 1.165) is 14.5 Å². The number of methoxy groups -OCH3 is 2. The quantitative estimate of drug-likeness (QED) is 0.850. The molecule has 0 fully saturated rings. The van der Waals surface area contributed by atoms with E-state index in [1.54, 1.807) is 0 Å². The van der Waals surface area contributed by atoms with Gasteiger partial charge in [0.15, 0.2) is 0 Å². The fraction of sp³-hybridized carbons (Fsp3) is 0.231. The van der Waals surface area contributed by atoms with Crippen LogP contribution in [-0.4, -0.2) is 24.2 Å². The molecule has 2 aromatic rings. The van der Waals surface area contributed by atoms with Crippen LogP contribution < -0.4 is 15.2 Å². The predicted octanol–water partition coefficient (Wildman–Crippen LogP) is 3.07. The Labute approximate surface area is 133 Å². The normalized spacial score (nSPS) is 12.1. The lowest BCUT2D eigenvalue weighted by atomic mass is 10.0. The van der Waals surface area contributed by atoms with Gasteiger partial charge in [0.1, 0.15) is 5.69 Å². The number of rotatable bonds is 4. The number of nitrogens with zero attached hydrogens (tertiary/aromatic N) is 2. The van der Waals surface area contributed by atoms with Crippen LogP contribution in [0.5, 0.6) is 11.8 Å². The maximum Gasteiger partial charge on any atom is 0.240 e. The van der Waals surface area contributed by atoms with Crippen molar-refractivity contribution < 1.29 is 9.47 Å². The van der Waals surface area contributed by atoms with Crippen molar-refractivity contribution in [3.05, 3.63) is 44.6 Å². The number of benzene rings is 1. The molecule has 0 radical (unpaired) electrons. The molecule has 2 N–H and O–H groups in total. The van der Waals surface area contributed by atoms with Crippen molar-refractivity contribution in [1.29, 1.82) is 0 Å². The SMILES string of the molecule is COc1cnc(C(N)c2cc(Br)ccc2Br)c(OC)n1. The highest BCUT2D eigenvalue weighted by Crippen LogP contribution is 2.32. The lowest BCUT2D eigenvalue weighted by molar-refractivity contribution is 0.355. The minimum atomic E-state index is -0.463. The smallest absolute Gasteiger partial charge is 0.240 e. The Hall–Kier alpha value is -1.18. The van der Waals surface area contributed by atoms with Crippen LogP contribution in [0.15, 0.2) is 33.3 Å². The molecule has 0 aliphatic heterocycles. The number of hydrogen-bond acceptors (Lipinski definition) is 5. The molecule has 0 spiro atoms. The molecular formula is C13H13Br2N3O2. The Morgan fingerprint density at radius 2 is 1.95 bits per heavy atom. The van der Waals surface area contributed by atoms with Gasteiger partial charge in [-0.1, -0.05) is 31.9 Å². The molecule has 0 saturated heterocycles. The molecule has 7 heteroatoms. The second-order valence-corrected chi connectivity index (χ2v) is 5.72. The average Bonchev–Trinajstić information content (AvgIpc) is 2.48. The second kappa shape index (κ2) is 6.51. The summed E-state index contributed by atoms with van der Waals surface area (Å²) < 4.78 is 12.1. The van der Waals surface area contributed by atoms with E-state index in [4.69, 9.17) is 15.2 Å². The number of nitrogens with two attached hydrogens (primary N) is 1. The molecule has 0 amide bonds. The number of hydrogen-bond donors (Lipinski definition) is 1. The summed E-state index contributed by atoms with van der Waals surface area (Å²) in [5, 5.41) is 0. The number of ether oxygens (including phenoxy) is 2. The van der Waals surface area contributed by atoms with Gasteiger partial charge in [-0.05, 0) is 23.8 Å². The minimum Gasteiger partial charge on any atom is -0.480 e. The third-order valence-corrected chi connectivity index (χ3v) is 3.95. The highest BCUT2D eigenvalue weighted by Gasteiger charge is 2.20. The standard InChI is InChI=1S/C13H13Br2N3O2/c1-19-10-6-17-12(13(18-10)20-2)11(16)8-5-7(14)3-4-9(8)15/h3-6,11H,16H2,1-2H3. The largest absolute Gasteiger partial charge is 0.480 e. The first kappa shape index (κ1) is 15.2. The topological polar surface area (TPSA) is 70.3 Å². The maximum atomic E-state index is 6.28. The average molecular weight is 403 g/mol. The van der Waals surface area contributed by atoms with Gasteiger partial charge in [-0.2, -0.15) is 4.98 Å². The Balaban J connectivity index is 2.47. The van der Waals surface area contributed by atoms with Crippen molar-refractivity contribution >= 4 is 31.9 Å². The van der Waals surface area contributed by atoms with Crippen LogP contribution in [0.4, 0.5) is 0 Å². The zero-order chi connectivity index (χ0) is 14.7. The molecule has 0 aliphatic carbocycles. The summed E-state index contributed by atoms with van der Waals surface area (Å²) in [5.41, 5.74) is 7.71. The molecule has 1 unspecified atom stereocenters. The fourth-order valence-corrected chi connectivity index (χ4v) is 2.60. The third kappa shape index (κ3) is 3.11. The summed E-state index contributed by atoms with van der Waals surface area (Å²) in [7, 11) is 3.05. The van der Waals surface area contributed by atoms with E-state index in [2.05, 4.69) is 41.8 Å². The Bertz CT molecular complexity index is 623. The van der Waals surface area contributed by atoms with E-state index >= 15 is 0 Å². The summed E-state index contributed by atoms with van der Waals surface area (Å²) >= 11 is 6.92. The van der Waals surface area contributed by atoms with Gasteiger partial charge in [0.2, 0.25) is 11.8 Å². The second-order valence-electron chi connectivity index (χ2n) is 3.95.